The maximum Gasteiger partial charge on any atom is 0.0192 e. The summed E-state index contributed by atoms with van der Waals surface area (Å²) in [5, 5.41) is 0. The summed E-state index contributed by atoms with van der Waals surface area (Å²) in [6.07, 6.45) is 2.51. The van der Waals surface area contributed by atoms with Crippen LogP contribution in [0.25, 0.3) is 0 Å². The molecule has 2 aromatic carbocycles. The van der Waals surface area contributed by atoms with E-state index in [4.69, 9.17) is 0 Å². The van der Waals surface area contributed by atoms with Gasteiger partial charge in [-0.15, -0.1) is 0 Å². The molecule has 1 aliphatic rings. The van der Waals surface area contributed by atoms with E-state index in [1.807, 2.05) is 0 Å². The van der Waals surface area contributed by atoms with Crippen LogP contribution in [0.5, 0.6) is 0 Å². The molecule has 3 rings (SSSR count). The van der Waals surface area contributed by atoms with Crippen LogP contribution in [-0.2, 0) is 0 Å². The molecule has 2 aromatic rings. The standard InChI is InChI=1S/C23H31N/c1-22(2)17-16-20(23(3,4)24(22)5)21(18-12-8-6-9-13-18)19-14-10-7-11-15-19/h6-15,20-21H,16-17H2,1-5H3. The summed E-state index contributed by atoms with van der Waals surface area (Å²) in [6, 6.07) is 22.1. The summed E-state index contributed by atoms with van der Waals surface area (Å²) in [7, 11) is 2.30. The van der Waals surface area contributed by atoms with E-state index in [-0.39, 0.29) is 11.1 Å². The average molecular weight is 322 g/mol. The molecule has 0 saturated carbocycles. The van der Waals surface area contributed by atoms with Gasteiger partial charge in [-0.3, -0.25) is 4.90 Å². The Bertz CT molecular complexity index is 617. The van der Waals surface area contributed by atoms with Gasteiger partial charge in [0.1, 0.15) is 0 Å². The quantitative estimate of drug-likeness (QED) is 0.699. The van der Waals surface area contributed by atoms with Crippen molar-refractivity contribution in [2.24, 2.45) is 5.92 Å². The molecule has 1 unspecified atom stereocenters. The van der Waals surface area contributed by atoms with Gasteiger partial charge in [0.25, 0.3) is 0 Å². The highest BCUT2D eigenvalue weighted by Gasteiger charge is 2.48. The van der Waals surface area contributed by atoms with E-state index in [2.05, 4.69) is 100 Å². The smallest absolute Gasteiger partial charge is 0.0192 e. The highest BCUT2D eigenvalue weighted by molar-refractivity contribution is 5.34. The molecule has 1 nitrogen and oxygen atoms in total. The molecule has 0 N–H and O–H groups in total. The fourth-order valence-corrected chi connectivity index (χ4v) is 4.61. The molecule has 0 spiro atoms. The zero-order valence-electron chi connectivity index (χ0n) is 15.8. The van der Waals surface area contributed by atoms with Gasteiger partial charge in [-0.2, -0.15) is 0 Å². The molecule has 1 aliphatic heterocycles. The summed E-state index contributed by atoms with van der Waals surface area (Å²) < 4.78 is 0. The van der Waals surface area contributed by atoms with Crippen LogP contribution in [0.3, 0.4) is 0 Å². The molecule has 0 aromatic heterocycles. The lowest BCUT2D eigenvalue weighted by Crippen LogP contribution is -2.61. The zero-order chi connectivity index (χ0) is 17.4. The van der Waals surface area contributed by atoms with Crippen LogP contribution in [0.15, 0.2) is 60.7 Å². The summed E-state index contributed by atoms with van der Waals surface area (Å²) in [4.78, 5) is 2.60. The Morgan fingerprint density at radius 2 is 1.29 bits per heavy atom. The minimum absolute atomic E-state index is 0.151. The van der Waals surface area contributed by atoms with Gasteiger partial charge in [-0.25, -0.2) is 0 Å². The fourth-order valence-electron chi connectivity index (χ4n) is 4.61. The van der Waals surface area contributed by atoms with Crippen molar-refractivity contribution in [2.45, 2.75) is 57.5 Å². The van der Waals surface area contributed by atoms with Crippen LogP contribution in [0.1, 0.15) is 57.6 Å². The van der Waals surface area contributed by atoms with E-state index in [0.29, 0.717) is 11.8 Å². The molecular formula is C23H31N. The van der Waals surface area contributed by atoms with Gasteiger partial charge < -0.3 is 0 Å². The molecule has 0 bridgehead atoms. The second kappa shape index (κ2) is 6.37. The average Bonchev–Trinajstić information content (AvgIpc) is 2.58. The molecule has 1 saturated heterocycles. The van der Waals surface area contributed by atoms with Gasteiger partial charge in [0, 0.05) is 17.0 Å². The number of hydrogen-bond donors (Lipinski definition) is 0. The monoisotopic (exact) mass is 321 g/mol. The Kier molecular flexibility index (Phi) is 4.57. The first-order valence-electron chi connectivity index (χ1n) is 9.18. The molecule has 1 heteroatoms. The lowest BCUT2D eigenvalue weighted by Gasteiger charge is -2.57. The van der Waals surface area contributed by atoms with Crippen molar-refractivity contribution >= 4 is 0 Å². The minimum Gasteiger partial charge on any atom is -0.296 e. The molecule has 24 heavy (non-hydrogen) atoms. The van der Waals surface area contributed by atoms with Gasteiger partial charge in [-0.05, 0) is 64.6 Å². The van der Waals surface area contributed by atoms with Crippen molar-refractivity contribution in [3.05, 3.63) is 71.8 Å². The van der Waals surface area contributed by atoms with Crippen molar-refractivity contribution < 1.29 is 0 Å². The van der Waals surface area contributed by atoms with E-state index >= 15 is 0 Å². The number of rotatable bonds is 3. The third-order valence-electron chi connectivity index (χ3n) is 6.47. The Labute approximate surface area is 147 Å². The van der Waals surface area contributed by atoms with Crippen LogP contribution in [0.2, 0.25) is 0 Å². The maximum atomic E-state index is 2.60. The molecule has 0 radical (unpaired) electrons. The Balaban J connectivity index is 2.07. The topological polar surface area (TPSA) is 3.24 Å². The predicted octanol–water partition coefficient (Wildman–Crippen LogP) is 5.72. The van der Waals surface area contributed by atoms with Gasteiger partial charge in [0.15, 0.2) is 0 Å². The Hall–Kier alpha value is -1.60. The fraction of sp³-hybridized carbons (Fsp3) is 0.478. The number of benzene rings is 2. The summed E-state index contributed by atoms with van der Waals surface area (Å²) in [5.41, 5.74) is 3.29. The Morgan fingerprint density at radius 3 is 1.75 bits per heavy atom. The normalized spacial score (nSPS) is 23.3. The highest BCUT2D eigenvalue weighted by atomic mass is 15.2. The first-order chi connectivity index (χ1) is 11.3. The van der Waals surface area contributed by atoms with Crippen molar-refractivity contribution in [1.82, 2.24) is 4.90 Å². The van der Waals surface area contributed by atoms with Crippen molar-refractivity contribution in [3.8, 4) is 0 Å². The van der Waals surface area contributed by atoms with Crippen LogP contribution in [0, 0.1) is 5.92 Å². The van der Waals surface area contributed by atoms with E-state index in [1.54, 1.807) is 0 Å². The van der Waals surface area contributed by atoms with E-state index in [0.717, 1.165) is 0 Å². The molecule has 0 amide bonds. The second-order valence-electron chi connectivity index (χ2n) is 8.47. The molecule has 1 fully saturated rings. The molecular weight excluding hydrogens is 290 g/mol. The second-order valence-corrected chi connectivity index (χ2v) is 8.47. The first kappa shape index (κ1) is 17.2. The third-order valence-corrected chi connectivity index (χ3v) is 6.47. The van der Waals surface area contributed by atoms with Gasteiger partial charge >= 0.3 is 0 Å². The molecule has 1 heterocycles. The first-order valence-corrected chi connectivity index (χ1v) is 9.18. The lowest BCUT2D eigenvalue weighted by molar-refractivity contribution is -0.0494. The van der Waals surface area contributed by atoms with Crippen molar-refractivity contribution in [1.29, 1.82) is 0 Å². The number of hydrogen-bond acceptors (Lipinski definition) is 1. The van der Waals surface area contributed by atoms with Gasteiger partial charge in [-0.1, -0.05) is 60.7 Å². The predicted molar refractivity (Wildman–Crippen MR) is 103 cm³/mol. The number of likely N-dealkylation sites (tertiary alicyclic amines) is 1. The van der Waals surface area contributed by atoms with Crippen molar-refractivity contribution in [3.63, 3.8) is 0 Å². The van der Waals surface area contributed by atoms with Crippen LogP contribution >= 0.6 is 0 Å². The van der Waals surface area contributed by atoms with Gasteiger partial charge in [0.05, 0.1) is 0 Å². The van der Waals surface area contributed by atoms with Crippen LogP contribution < -0.4 is 0 Å². The van der Waals surface area contributed by atoms with Crippen LogP contribution in [-0.4, -0.2) is 23.0 Å². The SMILES string of the molecule is CN1C(C)(C)CCC(C(c2ccccc2)c2ccccc2)C1(C)C. The summed E-state index contributed by atoms with van der Waals surface area (Å²) in [5.74, 6) is 1.04. The molecule has 128 valence electrons. The largest absolute Gasteiger partial charge is 0.296 e. The Morgan fingerprint density at radius 1 is 0.833 bits per heavy atom. The van der Waals surface area contributed by atoms with Crippen molar-refractivity contribution in [2.75, 3.05) is 7.05 Å². The van der Waals surface area contributed by atoms with E-state index in [9.17, 15) is 0 Å². The summed E-state index contributed by atoms with van der Waals surface area (Å²) in [6.45, 7) is 9.62. The zero-order valence-corrected chi connectivity index (χ0v) is 15.8. The van der Waals surface area contributed by atoms with Crippen LogP contribution in [0.4, 0.5) is 0 Å². The highest BCUT2D eigenvalue weighted by Crippen LogP contribution is 2.49. The lowest BCUT2D eigenvalue weighted by atomic mass is 9.64. The number of nitrogens with zero attached hydrogens (tertiary/aromatic N) is 1. The van der Waals surface area contributed by atoms with Gasteiger partial charge in [0.2, 0.25) is 0 Å². The minimum atomic E-state index is 0.151. The maximum absolute atomic E-state index is 2.60. The summed E-state index contributed by atoms with van der Waals surface area (Å²) >= 11 is 0. The molecule has 1 atom stereocenters. The number of piperidine rings is 1. The van der Waals surface area contributed by atoms with E-state index in [1.165, 1.54) is 24.0 Å². The molecule has 0 aliphatic carbocycles. The van der Waals surface area contributed by atoms with E-state index < -0.39 is 0 Å². The third kappa shape index (κ3) is 3.02.